The van der Waals surface area contributed by atoms with Gasteiger partial charge in [-0.3, -0.25) is 15.2 Å². The summed E-state index contributed by atoms with van der Waals surface area (Å²) >= 11 is 5.64. The number of nitrogens with one attached hydrogen (secondary N) is 1. The minimum absolute atomic E-state index is 0.0465. The number of nitro groups is 1. The van der Waals surface area contributed by atoms with E-state index in [0.717, 1.165) is 0 Å². The smallest absolute Gasteiger partial charge is 0.270 e. The van der Waals surface area contributed by atoms with E-state index in [1.807, 2.05) is 0 Å². The minimum Gasteiger partial charge on any atom is -0.280 e. The van der Waals surface area contributed by atoms with E-state index in [1.165, 1.54) is 12.1 Å². The number of non-ortho nitro benzene ring substituents is 1. The number of rotatable bonds is 2. The van der Waals surface area contributed by atoms with Crippen LogP contribution >= 0.6 is 11.6 Å². The van der Waals surface area contributed by atoms with Gasteiger partial charge in [0.05, 0.1) is 22.0 Å². The summed E-state index contributed by atoms with van der Waals surface area (Å²) in [5.41, 5.74) is 1.43. The van der Waals surface area contributed by atoms with Gasteiger partial charge in [-0.25, -0.2) is 0 Å². The predicted molar refractivity (Wildman–Crippen MR) is 52.3 cm³/mol. The summed E-state index contributed by atoms with van der Waals surface area (Å²) in [6, 6.07) is 4.48. The lowest BCUT2D eigenvalue weighted by atomic mass is 10.2. The van der Waals surface area contributed by atoms with E-state index in [0.29, 0.717) is 16.6 Å². The van der Waals surface area contributed by atoms with Crippen molar-refractivity contribution in [3.05, 3.63) is 34.0 Å². The van der Waals surface area contributed by atoms with E-state index in [2.05, 4.69) is 10.2 Å². The Morgan fingerprint density at radius 3 is 3.00 bits per heavy atom. The first-order chi connectivity index (χ1) is 6.72. The highest BCUT2D eigenvalue weighted by atomic mass is 35.5. The van der Waals surface area contributed by atoms with Crippen LogP contribution in [-0.2, 0) is 5.88 Å². The summed E-state index contributed by atoms with van der Waals surface area (Å²) in [5, 5.41) is 17.9. The third-order valence-electron chi connectivity index (χ3n) is 1.96. The molecule has 14 heavy (non-hydrogen) atoms. The normalized spacial score (nSPS) is 10.6. The monoisotopic (exact) mass is 211 g/mol. The summed E-state index contributed by atoms with van der Waals surface area (Å²) in [7, 11) is 0. The number of hydrogen-bond donors (Lipinski definition) is 1. The van der Waals surface area contributed by atoms with E-state index < -0.39 is 4.92 Å². The van der Waals surface area contributed by atoms with Crippen LogP contribution in [0, 0.1) is 10.1 Å². The van der Waals surface area contributed by atoms with Crippen LogP contribution in [0.4, 0.5) is 5.69 Å². The van der Waals surface area contributed by atoms with Gasteiger partial charge in [-0.1, -0.05) is 0 Å². The molecule has 6 heteroatoms. The third-order valence-corrected chi connectivity index (χ3v) is 2.23. The summed E-state index contributed by atoms with van der Waals surface area (Å²) in [4.78, 5) is 10.1. The SMILES string of the molecule is O=[N+]([O-])c1ccc2n[nH]c(CCl)c2c1. The van der Waals surface area contributed by atoms with Crippen molar-refractivity contribution in [2.75, 3.05) is 0 Å². The molecule has 0 spiro atoms. The maximum Gasteiger partial charge on any atom is 0.270 e. The van der Waals surface area contributed by atoms with Crippen molar-refractivity contribution < 1.29 is 4.92 Å². The standard InChI is InChI=1S/C8H6ClN3O2/c9-4-8-6-3-5(12(13)14)1-2-7(6)10-11-8/h1-3H,4H2,(H,10,11). The van der Waals surface area contributed by atoms with E-state index in [1.54, 1.807) is 6.07 Å². The average molecular weight is 212 g/mol. The molecule has 1 aromatic carbocycles. The van der Waals surface area contributed by atoms with Gasteiger partial charge in [-0.05, 0) is 6.07 Å². The highest BCUT2D eigenvalue weighted by Crippen LogP contribution is 2.22. The molecule has 0 aliphatic carbocycles. The molecule has 0 aliphatic rings. The van der Waals surface area contributed by atoms with Crippen LogP contribution in [0.3, 0.4) is 0 Å². The zero-order valence-corrected chi connectivity index (χ0v) is 7.78. The van der Waals surface area contributed by atoms with Crippen molar-refractivity contribution >= 4 is 28.2 Å². The van der Waals surface area contributed by atoms with Crippen LogP contribution in [0.5, 0.6) is 0 Å². The van der Waals surface area contributed by atoms with E-state index in [4.69, 9.17) is 11.6 Å². The average Bonchev–Trinajstić information content (AvgIpc) is 2.59. The number of halogens is 1. The number of aromatic nitrogens is 2. The van der Waals surface area contributed by atoms with Crippen molar-refractivity contribution in [3.63, 3.8) is 0 Å². The first-order valence-corrected chi connectivity index (χ1v) is 4.43. The molecule has 0 atom stereocenters. The van der Waals surface area contributed by atoms with Crippen molar-refractivity contribution in [2.24, 2.45) is 0 Å². The number of nitrogens with zero attached hydrogens (tertiary/aromatic N) is 2. The Labute approximate surface area is 83.8 Å². The van der Waals surface area contributed by atoms with Crippen LogP contribution < -0.4 is 0 Å². The molecule has 1 aromatic heterocycles. The molecule has 2 aromatic rings. The fourth-order valence-corrected chi connectivity index (χ4v) is 1.47. The maximum atomic E-state index is 10.5. The van der Waals surface area contributed by atoms with Crippen molar-refractivity contribution in [2.45, 2.75) is 5.88 Å². The van der Waals surface area contributed by atoms with Gasteiger partial charge in [0, 0.05) is 17.5 Å². The van der Waals surface area contributed by atoms with Gasteiger partial charge in [0.25, 0.3) is 5.69 Å². The molecule has 1 N–H and O–H groups in total. The summed E-state index contributed by atoms with van der Waals surface area (Å²) in [5.74, 6) is 0.262. The Morgan fingerprint density at radius 2 is 2.36 bits per heavy atom. The van der Waals surface area contributed by atoms with Crippen LogP contribution in [0.15, 0.2) is 18.2 Å². The largest absolute Gasteiger partial charge is 0.280 e. The molecule has 0 radical (unpaired) electrons. The van der Waals surface area contributed by atoms with Crippen molar-refractivity contribution in [1.82, 2.24) is 10.2 Å². The van der Waals surface area contributed by atoms with Crippen LogP contribution in [0.1, 0.15) is 5.69 Å². The van der Waals surface area contributed by atoms with Gasteiger partial charge in [-0.15, -0.1) is 11.6 Å². The molecular formula is C8H6ClN3O2. The predicted octanol–water partition coefficient (Wildman–Crippen LogP) is 2.21. The Morgan fingerprint density at radius 1 is 1.57 bits per heavy atom. The van der Waals surface area contributed by atoms with Gasteiger partial charge in [0.1, 0.15) is 0 Å². The van der Waals surface area contributed by atoms with Gasteiger partial charge < -0.3 is 0 Å². The quantitative estimate of drug-likeness (QED) is 0.470. The number of benzene rings is 1. The topological polar surface area (TPSA) is 71.8 Å². The molecule has 0 fully saturated rings. The highest BCUT2D eigenvalue weighted by Gasteiger charge is 2.10. The number of alkyl halides is 1. The number of aromatic amines is 1. The zero-order valence-electron chi connectivity index (χ0n) is 7.03. The second-order valence-corrected chi connectivity index (χ2v) is 3.06. The molecule has 2 rings (SSSR count). The molecule has 1 heterocycles. The second kappa shape index (κ2) is 3.26. The first-order valence-electron chi connectivity index (χ1n) is 3.89. The van der Waals surface area contributed by atoms with Gasteiger partial charge in [0.2, 0.25) is 0 Å². The molecule has 0 saturated carbocycles. The Balaban J connectivity index is 2.67. The Bertz CT molecular complexity index is 494. The number of nitro benzene ring substituents is 1. The Kier molecular flexibility index (Phi) is 2.09. The van der Waals surface area contributed by atoms with Crippen LogP contribution in [-0.4, -0.2) is 15.1 Å². The van der Waals surface area contributed by atoms with Gasteiger partial charge in [0.15, 0.2) is 0 Å². The molecule has 0 unspecified atom stereocenters. The molecular weight excluding hydrogens is 206 g/mol. The molecule has 0 aliphatic heterocycles. The lowest BCUT2D eigenvalue weighted by Gasteiger charge is -1.92. The van der Waals surface area contributed by atoms with Crippen LogP contribution in [0.2, 0.25) is 0 Å². The van der Waals surface area contributed by atoms with E-state index in [-0.39, 0.29) is 11.6 Å². The lowest BCUT2D eigenvalue weighted by molar-refractivity contribution is -0.384. The van der Waals surface area contributed by atoms with E-state index >= 15 is 0 Å². The molecule has 0 amide bonds. The van der Waals surface area contributed by atoms with Gasteiger partial charge >= 0.3 is 0 Å². The maximum absolute atomic E-state index is 10.5. The third kappa shape index (κ3) is 1.31. The summed E-state index contributed by atoms with van der Waals surface area (Å²) in [6.07, 6.45) is 0. The van der Waals surface area contributed by atoms with Crippen LogP contribution in [0.25, 0.3) is 10.9 Å². The first kappa shape index (κ1) is 8.96. The molecule has 5 nitrogen and oxygen atoms in total. The zero-order chi connectivity index (χ0) is 10.1. The fourth-order valence-electron chi connectivity index (χ4n) is 1.27. The number of hydrogen-bond acceptors (Lipinski definition) is 3. The lowest BCUT2D eigenvalue weighted by Crippen LogP contribution is -1.87. The molecule has 0 saturated heterocycles. The Hall–Kier alpha value is -1.62. The van der Waals surface area contributed by atoms with Crippen molar-refractivity contribution in [3.8, 4) is 0 Å². The van der Waals surface area contributed by atoms with Crippen molar-refractivity contribution in [1.29, 1.82) is 0 Å². The minimum atomic E-state index is -0.440. The molecule has 72 valence electrons. The van der Waals surface area contributed by atoms with E-state index in [9.17, 15) is 10.1 Å². The fraction of sp³-hybridized carbons (Fsp3) is 0.125. The second-order valence-electron chi connectivity index (χ2n) is 2.79. The highest BCUT2D eigenvalue weighted by molar-refractivity contribution is 6.17. The summed E-state index contributed by atoms with van der Waals surface area (Å²) in [6.45, 7) is 0. The summed E-state index contributed by atoms with van der Waals surface area (Å²) < 4.78 is 0. The molecule has 0 bridgehead atoms. The number of H-pyrrole nitrogens is 1. The number of fused-ring (bicyclic) bond motifs is 1. The van der Waals surface area contributed by atoms with Gasteiger partial charge in [-0.2, -0.15) is 5.10 Å².